The summed E-state index contributed by atoms with van der Waals surface area (Å²) in [6.45, 7) is 7.64. The Kier molecular flexibility index (Phi) is 6.22. The molecule has 29 heavy (non-hydrogen) atoms. The van der Waals surface area contributed by atoms with Gasteiger partial charge in [0, 0.05) is 35.8 Å². The van der Waals surface area contributed by atoms with Crippen molar-refractivity contribution in [2.45, 2.75) is 20.8 Å². The van der Waals surface area contributed by atoms with E-state index >= 15 is 0 Å². The number of hydrogen-bond donors (Lipinski definition) is 0. The monoisotopic (exact) mass is 395 g/mol. The molecule has 0 N–H and O–H groups in total. The molecule has 1 heterocycles. The SMILES string of the molecule is CCOC(=O)c1cc2cc(-c3ccc(OC)cc3)c(N(CC)CC)cc2oc1=O. The maximum absolute atomic E-state index is 12.3. The molecule has 0 fully saturated rings. The highest BCUT2D eigenvalue weighted by molar-refractivity contribution is 5.96. The van der Waals surface area contributed by atoms with Crippen molar-refractivity contribution in [2.24, 2.45) is 0 Å². The summed E-state index contributed by atoms with van der Waals surface area (Å²) in [5.41, 5.74) is 2.57. The molecule has 2 aromatic carbocycles. The summed E-state index contributed by atoms with van der Waals surface area (Å²) in [7, 11) is 1.63. The normalized spacial score (nSPS) is 10.8. The number of rotatable bonds is 7. The van der Waals surface area contributed by atoms with Crippen LogP contribution in [0.3, 0.4) is 0 Å². The third-order valence-corrected chi connectivity index (χ3v) is 4.85. The highest BCUT2D eigenvalue weighted by atomic mass is 16.5. The molecule has 3 rings (SSSR count). The molecule has 6 nitrogen and oxygen atoms in total. The second-order valence-electron chi connectivity index (χ2n) is 6.48. The van der Waals surface area contributed by atoms with E-state index in [0.29, 0.717) is 11.0 Å². The van der Waals surface area contributed by atoms with Gasteiger partial charge in [-0.3, -0.25) is 0 Å². The molecule has 3 aromatic rings. The van der Waals surface area contributed by atoms with Gasteiger partial charge in [-0.25, -0.2) is 9.59 Å². The van der Waals surface area contributed by atoms with E-state index in [4.69, 9.17) is 13.9 Å². The van der Waals surface area contributed by atoms with E-state index in [1.54, 1.807) is 14.0 Å². The number of carbonyl (C=O) groups is 1. The van der Waals surface area contributed by atoms with Gasteiger partial charge in [0.15, 0.2) is 0 Å². The van der Waals surface area contributed by atoms with E-state index in [9.17, 15) is 9.59 Å². The van der Waals surface area contributed by atoms with Gasteiger partial charge in [0.25, 0.3) is 0 Å². The Hall–Kier alpha value is -3.28. The molecule has 0 aliphatic rings. The molecule has 0 radical (unpaired) electrons. The van der Waals surface area contributed by atoms with E-state index in [2.05, 4.69) is 18.7 Å². The lowest BCUT2D eigenvalue weighted by Crippen LogP contribution is -2.22. The van der Waals surface area contributed by atoms with Crippen molar-refractivity contribution in [1.82, 2.24) is 0 Å². The number of nitrogens with zero attached hydrogens (tertiary/aromatic N) is 1. The van der Waals surface area contributed by atoms with E-state index < -0.39 is 11.6 Å². The Morgan fingerprint density at radius 1 is 1.03 bits per heavy atom. The van der Waals surface area contributed by atoms with Gasteiger partial charge in [-0.2, -0.15) is 0 Å². The first kappa shape index (κ1) is 20.5. The number of ether oxygens (including phenoxy) is 2. The van der Waals surface area contributed by atoms with E-state index in [1.165, 1.54) is 6.07 Å². The Bertz CT molecular complexity index is 1070. The van der Waals surface area contributed by atoms with Crippen LogP contribution in [0.15, 0.2) is 51.7 Å². The van der Waals surface area contributed by atoms with Crippen LogP contribution in [-0.2, 0) is 4.74 Å². The van der Waals surface area contributed by atoms with Gasteiger partial charge in [0.1, 0.15) is 16.9 Å². The van der Waals surface area contributed by atoms with Crippen LogP contribution in [0.5, 0.6) is 5.75 Å². The third-order valence-electron chi connectivity index (χ3n) is 4.85. The highest BCUT2D eigenvalue weighted by Gasteiger charge is 2.18. The van der Waals surface area contributed by atoms with Gasteiger partial charge in [-0.15, -0.1) is 0 Å². The standard InChI is InChI=1S/C23H25NO5/c1-5-24(6-2)20-14-21-16(13-19(23(26)29-21)22(25)28-7-3)12-18(20)15-8-10-17(27-4)11-9-15/h8-14H,5-7H2,1-4H3. The lowest BCUT2D eigenvalue weighted by atomic mass is 9.99. The summed E-state index contributed by atoms with van der Waals surface area (Å²) in [6, 6.07) is 13.1. The zero-order valence-electron chi connectivity index (χ0n) is 17.2. The van der Waals surface area contributed by atoms with Crippen LogP contribution >= 0.6 is 0 Å². The average molecular weight is 395 g/mol. The van der Waals surface area contributed by atoms with Crippen LogP contribution in [0.4, 0.5) is 5.69 Å². The summed E-state index contributed by atoms with van der Waals surface area (Å²) < 4.78 is 15.7. The molecule has 0 aliphatic heterocycles. The summed E-state index contributed by atoms with van der Waals surface area (Å²) in [5, 5.41) is 0.661. The molecule has 6 heteroatoms. The smallest absolute Gasteiger partial charge is 0.351 e. The molecule has 0 spiro atoms. The first-order valence-electron chi connectivity index (χ1n) is 9.70. The molecule has 1 aromatic heterocycles. The van der Waals surface area contributed by atoms with Gasteiger partial charge in [-0.05, 0) is 50.6 Å². The van der Waals surface area contributed by atoms with Gasteiger partial charge < -0.3 is 18.8 Å². The van der Waals surface area contributed by atoms with Crippen molar-refractivity contribution < 1.29 is 18.7 Å². The lowest BCUT2D eigenvalue weighted by Gasteiger charge is -2.25. The van der Waals surface area contributed by atoms with Crippen molar-refractivity contribution in [3.63, 3.8) is 0 Å². The topological polar surface area (TPSA) is 69.0 Å². The fourth-order valence-electron chi connectivity index (χ4n) is 3.34. The zero-order valence-corrected chi connectivity index (χ0v) is 17.2. The van der Waals surface area contributed by atoms with E-state index in [-0.39, 0.29) is 12.2 Å². The molecule has 0 saturated carbocycles. The number of anilines is 1. The predicted molar refractivity (Wildman–Crippen MR) is 114 cm³/mol. The Morgan fingerprint density at radius 3 is 2.31 bits per heavy atom. The number of fused-ring (bicyclic) bond motifs is 1. The van der Waals surface area contributed by atoms with Gasteiger partial charge >= 0.3 is 11.6 Å². The van der Waals surface area contributed by atoms with Crippen LogP contribution in [0.25, 0.3) is 22.1 Å². The van der Waals surface area contributed by atoms with Crippen molar-refractivity contribution >= 4 is 22.6 Å². The van der Waals surface area contributed by atoms with E-state index in [1.807, 2.05) is 36.4 Å². The minimum absolute atomic E-state index is 0.101. The first-order valence-corrected chi connectivity index (χ1v) is 9.70. The average Bonchev–Trinajstić information content (AvgIpc) is 2.74. The maximum Gasteiger partial charge on any atom is 0.351 e. The van der Waals surface area contributed by atoms with E-state index in [0.717, 1.165) is 35.7 Å². The molecule has 0 amide bonds. The molecule has 0 unspecified atom stereocenters. The molecule has 0 aliphatic carbocycles. The molecular weight excluding hydrogens is 370 g/mol. The minimum Gasteiger partial charge on any atom is -0.497 e. The van der Waals surface area contributed by atoms with Gasteiger partial charge in [-0.1, -0.05) is 12.1 Å². The second kappa shape index (κ2) is 8.82. The Balaban J connectivity index is 2.24. The third kappa shape index (κ3) is 4.11. The number of benzene rings is 2. The summed E-state index contributed by atoms with van der Waals surface area (Å²) in [5.74, 6) is 0.0940. The lowest BCUT2D eigenvalue weighted by molar-refractivity contribution is 0.0522. The number of esters is 1. The van der Waals surface area contributed by atoms with Gasteiger partial charge in [0.05, 0.1) is 13.7 Å². The number of hydrogen-bond acceptors (Lipinski definition) is 6. The Labute approximate surface area is 169 Å². The fraction of sp³-hybridized carbons (Fsp3) is 0.304. The second-order valence-corrected chi connectivity index (χ2v) is 6.48. The zero-order chi connectivity index (χ0) is 21.0. The molecule has 0 saturated heterocycles. The highest BCUT2D eigenvalue weighted by Crippen LogP contribution is 2.35. The largest absolute Gasteiger partial charge is 0.497 e. The van der Waals surface area contributed by atoms with Crippen LogP contribution < -0.4 is 15.3 Å². The van der Waals surface area contributed by atoms with Crippen molar-refractivity contribution in [3.8, 4) is 16.9 Å². The molecule has 0 bridgehead atoms. The summed E-state index contributed by atoms with van der Waals surface area (Å²) >= 11 is 0. The quantitative estimate of drug-likeness (QED) is 0.434. The van der Waals surface area contributed by atoms with Crippen molar-refractivity contribution in [2.75, 3.05) is 31.7 Å². The van der Waals surface area contributed by atoms with Crippen molar-refractivity contribution in [1.29, 1.82) is 0 Å². The minimum atomic E-state index is -0.696. The number of carbonyl (C=O) groups excluding carboxylic acids is 1. The van der Waals surface area contributed by atoms with Crippen LogP contribution in [0.2, 0.25) is 0 Å². The summed E-state index contributed by atoms with van der Waals surface area (Å²) in [4.78, 5) is 26.6. The number of methoxy groups -OCH3 is 1. The van der Waals surface area contributed by atoms with Crippen LogP contribution in [0.1, 0.15) is 31.1 Å². The van der Waals surface area contributed by atoms with Gasteiger partial charge in [0.2, 0.25) is 0 Å². The summed E-state index contributed by atoms with van der Waals surface area (Å²) in [6.07, 6.45) is 0. The van der Waals surface area contributed by atoms with Crippen LogP contribution in [0, 0.1) is 0 Å². The first-order chi connectivity index (χ1) is 14.0. The molecule has 152 valence electrons. The van der Waals surface area contributed by atoms with Crippen molar-refractivity contribution in [3.05, 3.63) is 58.4 Å². The predicted octanol–water partition coefficient (Wildman–Crippen LogP) is 4.49. The molecule has 0 atom stereocenters. The fourth-order valence-corrected chi connectivity index (χ4v) is 3.34. The Morgan fingerprint density at radius 2 is 1.72 bits per heavy atom. The maximum atomic E-state index is 12.3. The van der Waals surface area contributed by atoms with Crippen LogP contribution in [-0.4, -0.2) is 32.8 Å². The molecular formula is C23H25NO5.